The first-order chi connectivity index (χ1) is 8.45. The van der Waals surface area contributed by atoms with Gasteiger partial charge in [-0.1, -0.05) is 6.42 Å². The van der Waals surface area contributed by atoms with Gasteiger partial charge in [-0.25, -0.2) is 13.1 Å². The summed E-state index contributed by atoms with van der Waals surface area (Å²) in [5.74, 6) is 0.421. The van der Waals surface area contributed by atoms with Crippen molar-refractivity contribution in [3.8, 4) is 0 Å². The van der Waals surface area contributed by atoms with E-state index in [9.17, 15) is 8.42 Å². The number of aliphatic hydroxyl groups is 1. The Morgan fingerprint density at radius 2 is 2.22 bits per heavy atom. The van der Waals surface area contributed by atoms with Crippen molar-refractivity contribution in [2.24, 2.45) is 5.92 Å². The van der Waals surface area contributed by atoms with Crippen molar-refractivity contribution < 1.29 is 13.5 Å². The van der Waals surface area contributed by atoms with E-state index < -0.39 is 16.6 Å². The molecule has 0 aromatic carbocycles. The van der Waals surface area contributed by atoms with Crippen LogP contribution in [0.4, 0.5) is 0 Å². The van der Waals surface area contributed by atoms with Crippen LogP contribution >= 0.6 is 0 Å². The molecule has 0 radical (unpaired) electrons. The Bertz CT molecular complexity index is 520. The second-order valence-corrected chi connectivity index (χ2v) is 6.53. The highest BCUT2D eigenvalue weighted by Crippen LogP contribution is 2.30. The third-order valence-electron chi connectivity index (χ3n) is 3.58. The summed E-state index contributed by atoms with van der Waals surface area (Å²) in [7, 11) is -3.61. The highest BCUT2D eigenvalue weighted by Gasteiger charge is 2.30. The van der Waals surface area contributed by atoms with E-state index in [2.05, 4.69) is 14.9 Å². The van der Waals surface area contributed by atoms with Gasteiger partial charge in [0.25, 0.3) is 0 Å². The zero-order valence-corrected chi connectivity index (χ0v) is 11.4. The quantitative estimate of drug-likeness (QED) is 0.735. The van der Waals surface area contributed by atoms with Crippen molar-refractivity contribution in [1.29, 1.82) is 0 Å². The molecular formula is C11H19N3O3S. The maximum atomic E-state index is 12.3. The molecule has 0 saturated heterocycles. The lowest BCUT2D eigenvalue weighted by Gasteiger charge is -2.31. The van der Waals surface area contributed by atoms with Crippen molar-refractivity contribution >= 4 is 10.0 Å². The molecule has 1 saturated carbocycles. The summed E-state index contributed by atoms with van der Waals surface area (Å²) in [6.45, 7) is 3.13. The first-order valence-electron chi connectivity index (χ1n) is 6.12. The van der Waals surface area contributed by atoms with Crippen LogP contribution in [-0.2, 0) is 16.6 Å². The summed E-state index contributed by atoms with van der Waals surface area (Å²) in [4.78, 5) is 0.0798. The van der Waals surface area contributed by atoms with Gasteiger partial charge in [0.15, 0.2) is 0 Å². The average molecular weight is 273 g/mol. The van der Waals surface area contributed by atoms with Crippen LogP contribution in [0.5, 0.6) is 0 Å². The Labute approximate surface area is 107 Å². The molecule has 1 aliphatic rings. The minimum Gasteiger partial charge on any atom is -0.390 e. The Morgan fingerprint density at radius 3 is 2.72 bits per heavy atom. The smallest absolute Gasteiger partial charge is 0.244 e. The highest BCUT2D eigenvalue weighted by atomic mass is 32.2. The van der Waals surface area contributed by atoms with E-state index in [1.807, 2.05) is 6.92 Å². The van der Waals surface area contributed by atoms with Gasteiger partial charge in [-0.3, -0.25) is 5.10 Å². The number of aryl methyl sites for hydroxylation is 1. The molecule has 1 aromatic rings. The fraction of sp³-hybridized carbons (Fsp3) is 0.727. The normalized spacial score (nSPS) is 18.6. The van der Waals surface area contributed by atoms with Crippen LogP contribution in [0.2, 0.25) is 0 Å². The lowest BCUT2D eigenvalue weighted by Crippen LogP contribution is -2.41. The van der Waals surface area contributed by atoms with Gasteiger partial charge in [-0.05, 0) is 32.6 Å². The number of aliphatic hydroxyl groups excluding tert-OH is 1. The Hall–Kier alpha value is -0.920. The standard InChI is InChI=1S/C11H19N3O3S/c1-7(9-4-3-5-9)14-18(16,17)11-8(2)12-13-10(11)6-15/h7,9,14-15H,3-6H2,1-2H3,(H,12,13). The monoisotopic (exact) mass is 273 g/mol. The molecule has 6 nitrogen and oxygen atoms in total. The zero-order valence-electron chi connectivity index (χ0n) is 10.6. The predicted molar refractivity (Wildman–Crippen MR) is 66.4 cm³/mol. The molecule has 7 heteroatoms. The molecule has 1 atom stereocenters. The van der Waals surface area contributed by atoms with Gasteiger partial charge in [-0.2, -0.15) is 5.10 Å². The number of H-pyrrole nitrogens is 1. The maximum Gasteiger partial charge on any atom is 0.244 e. The number of sulfonamides is 1. The minimum atomic E-state index is -3.61. The predicted octanol–water partition coefficient (Wildman–Crippen LogP) is 0.677. The molecule has 3 N–H and O–H groups in total. The van der Waals surface area contributed by atoms with Crippen LogP contribution in [0.3, 0.4) is 0 Å². The lowest BCUT2D eigenvalue weighted by molar-refractivity contribution is 0.260. The second kappa shape index (κ2) is 4.99. The van der Waals surface area contributed by atoms with E-state index in [-0.39, 0.29) is 16.6 Å². The van der Waals surface area contributed by atoms with Crippen LogP contribution < -0.4 is 4.72 Å². The van der Waals surface area contributed by atoms with Gasteiger partial charge in [0.2, 0.25) is 10.0 Å². The van der Waals surface area contributed by atoms with Crippen LogP contribution in [0.25, 0.3) is 0 Å². The van der Waals surface area contributed by atoms with Gasteiger partial charge >= 0.3 is 0 Å². The van der Waals surface area contributed by atoms with E-state index in [0.717, 1.165) is 12.8 Å². The minimum absolute atomic E-state index is 0.0791. The van der Waals surface area contributed by atoms with Gasteiger partial charge in [0, 0.05) is 6.04 Å². The lowest BCUT2D eigenvalue weighted by atomic mass is 9.81. The third-order valence-corrected chi connectivity index (χ3v) is 5.34. The van der Waals surface area contributed by atoms with Crippen molar-refractivity contribution in [2.75, 3.05) is 0 Å². The number of nitrogens with one attached hydrogen (secondary N) is 2. The fourth-order valence-corrected chi connectivity index (χ4v) is 3.94. The summed E-state index contributed by atoms with van der Waals surface area (Å²) >= 11 is 0. The van der Waals surface area contributed by atoms with Crippen molar-refractivity contribution in [3.63, 3.8) is 0 Å². The Morgan fingerprint density at radius 1 is 1.56 bits per heavy atom. The van der Waals surface area contributed by atoms with Crippen LogP contribution in [0, 0.1) is 12.8 Å². The number of hydrogen-bond donors (Lipinski definition) is 3. The molecule has 1 unspecified atom stereocenters. The Balaban J connectivity index is 2.21. The molecule has 0 bridgehead atoms. The third kappa shape index (κ3) is 2.43. The molecule has 0 aliphatic heterocycles. The SMILES string of the molecule is Cc1[nH]nc(CO)c1S(=O)(=O)NC(C)C1CCC1. The highest BCUT2D eigenvalue weighted by molar-refractivity contribution is 7.89. The van der Waals surface area contributed by atoms with E-state index in [4.69, 9.17) is 5.11 Å². The Kier molecular flexibility index (Phi) is 3.74. The van der Waals surface area contributed by atoms with E-state index in [1.54, 1.807) is 6.92 Å². The first kappa shape index (κ1) is 13.5. The molecule has 1 fully saturated rings. The molecule has 102 valence electrons. The molecule has 1 aliphatic carbocycles. The topological polar surface area (TPSA) is 95.1 Å². The number of aromatic nitrogens is 2. The maximum absolute atomic E-state index is 12.3. The van der Waals surface area contributed by atoms with Gasteiger partial charge in [0.1, 0.15) is 10.6 Å². The van der Waals surface area contributed by atoms with E-state index in [1.165, 1.54) is 6.42 Å². The molecule has 1 heterocycles. The molecule has 18 heavy (non-hydrogen) atoms. The van der Waals surface area contributed by atoms with Gasteiger partial charge in [0.05, 0.1) is 12.3 Å². The molecule has 2 rings (SSSR count). The summed E-state index contributed by atoms with van der Waals surface area (Å²) in [5, 5.41) is 15.5. The van der Waals surface area contributed by atoms with Crippen LogP contribution in [0.1, 0.15) is 37.6 Å². The van der Waals surface area contributed by atoms with Gasteiger partial charge in [-0.15, -0.1) is 0 Å². The van der Waals surface area contributed by atoms with Crippen molar-refractivity contribution in [1.82, 2.24) is 14.9 Å². The van der Waals surface area contributed by atoms with E-state index in [0.29, 0.717) is 11.6 Å². The van der Waals surface area contributed by atoms with E-state index >= 15 is 0 Å². The summed E-state index contributed by atoms with van der Waals surface area (Å²) < 4.78 is 27.2. The second-order valence-electron chi connectivity index (χ2n) is 4.88. The molecule has 0 spiro atoms. The zero-order chi connectivity index (χ0) is 13.3. The number of aromatic amines is 1. The molecule has 1 aromatic heterocycles. The first-order valence-corrected chi connectivity index (χ1v) is 7.61. The number of rotatable bonds is 5. The van der Waals surface area contributed by atoms with Crippen LogP contribution in [-0.4, -0.2) is 29.8 Å². The van der Waals surface area contributed by atoms with Crippen LogP contribution in [0.15, 0.2) is 4.90 Å². The fourth-order valence-electron chi connectivity index (χ4n) is 2.27. The van der Waals surface area contributed by atoms with Crippen molar-refractivity contribution in [3.05, 3.63) is 11.4 Å². The molecular weight excluding hydrogens is 254 g/mol. The summed E-state index contributed by atoms with van der Waals surface area (Å²) in [6, 6.07) is -0.0791. The number of hydrogen-bond acceptors (Lipinski definition) is 4. The summed E-state index contributed by atoms with van der Waals surface area (Å²) in [5.41, 5.74) is 0.619. The number of nitrogens with zero attached hydrogens (tertiary/aromatic N) is 1. The van der Waals surface area contributed by atoms with Gasteiger partial charge < -0.3 is 5.11 Å². The largest absolute Gasteiger partial charge is 0.390 e. The average Bonchev–Trinajstić information content (AvgIpc) is 2.56. The summed E-state index contributed by atoms with van der Waals surface area (Å²) in [6.07, 6.45) is 3.31. The molecule has 0 amide bonds. The van der Waals surface area contributed by atoms with Crippen molar-refractivity contribution in [2.45, 2.75) is 50.7 Å².